The van der Waals surface area contributed by atoms with Gasteiger partial charge in [0.05, 0.1) is 0 Å². The van der Waals surface area contributed by atoms with E-state index < -0.39 is 0 Å². The van der Waals surface area contributed by atoms with Crippen LogP contribution < -0.4 is 10.2 Å². The quantitative estimate of drug-likeness (QED) is 0.822. The highest BCUT2D eigenvalue weighted by atomic mass is 19.1. The Morgan fingerprint density at radius 2 is 1.47 bits per heavy atom. The van der Waals surface area contributed by atoms with E-state index in [4.69, 9.17) is 0 Å². The van der Waals surface area contributed by atoms with Crippen molar-refractivity contribution in [1.82, 2.24) is 15.1 Å². The number of allylic oxidation sites excluding steroid dienone is 1. The van der Waals surface area contributed by atoms with Crippen LogP contribution in [0.4, 0.5) is 10.1 Å². The number of anilines is 1. The molecule has 1 aliphatic carbocycles. The van der Waals surface area contributed by atoms with Gasteiger partial charge in [0.25, 0.3) is 0 Å². The van der Waals surface area contributed by atoms with Crippen LogP contribution in [0.1, 0.15) is 17.5 Å². The molecule has 5 heteroatoms. The predicted octanol–water partition coefficient (Wildman–Crippen LogP) is 3.46. The van der Waals surface area contributed by atoms with Crippen molar-refractivity contribution in [2.75, 3.05) is 64.3 Å². The number of nitrogens with zero attached hydrogens (tertiary/aromatic N) is 3. The van der Waals surface area contributed by atoms with Gasteiger partial charge in [0, 0.05) is 63.7 Å². The molecule has 2 aromatic carbocycles. The third-order valence-electron chi connectivity index (χ3n) is 6.25. The van der Waals surface area contributed by atoms with Gasteiger partial charge in [-0.25, -0.2) is 4.39 Å². The number of aryl methyl sites for hydroxylation is 1. The molecule has 4 nitrogen and oxygen atoms in total. The van der Waals surface area contributed by atoms with Gasteiger partial charge in [-0.05, 0) is 61.4 Å². The summed E-state index contributed by atoms with van der Waals surface area (Å²) in [5.41, 5.74) is 5.57. The van der Waals surface area contributed by atoms with Crippen LogP contribution in [0.25, 0.3) is 6.08 Å². The van der Waals surface area contributed by atoms with Crippen molar-refractivity contribution < 1.29 is 4.39 Å². The SMILES string of the molecule is C1=C(N2CCNCC2)CCc2ccccc21.CN1CCN(c2ccc(F)cc2)CC1. The maximum absolute atomic E-state index is 12.7. The minimum Gasteiger partial charge on any atom is -0.372 e. The second-order valence-corrected chi connectivity index (χ2v) is 8.34. The summed E-state index contributed by atoms with van der Waals surface area (Å²) in [4.78, 5) is 7.13. The highest BCUT2D eigenvalue weighted by molar-refractivity contribution is 5.59. The Morgan fingerprint density at radius 3 is 2.20 bits per heavy atom. The number of hydrogen-bond acceptors (Lipinski definition) is 4. The molecule has 0 amide bonds. The van der Waals surface area contributed by atoms with Gasteiger partial charge in [-0.15, -0.1) is 0 Å². The molecule has 160 valence electrons. The van der Waals surface area contributed by atoms with Gasteiger partial charge in [0.1, 0.15) is 5.82 Å². The lowest BCUT2D eigenvalue weighted by molar-refractivity contribution is 0.292. The van der Waals surface area contributed by atoms with E-state index in [1.165, 1.54) is 41.8 Å². The van der Waals surface area contributed by atoms with E-state index in [0.29, 0.717) is 0 Å². The zero-order chi connectivity index (χ0) is 20.8. The fraction of sp³-hybridized carbons (Fsp3) is 0.440. The summed E-state index contributed by atoms with van der Waals surface area (Å²) in [6, 6.07) is 15.5. The fourth-order valence-corrected chi connectivity index (χ4v) is 4.34. The number of likely N-dealkylation sites (N-methyl/N-ethyl adjacent to an activating group) is 1. The van der Waals surface area contributed by atoms with E-state index in [-0.39, 0.29) is 5.82 Å². The monoisotopic (exact) mass is 408 g/mol. The van der Waals surface area contributed by atoms with Crippen molar-refractivity contribution >= 4 is 11.8 Å². The first-order valence-electron chi connectivity index (χ1n) is 11.1. The maximum Gasteiger partial charge on any atom is 0.123 e. The molecule has 0 aromatic heterocycles. The molecule has 2 aliphatic heterocycles. The third-order valence-corrected chi connectivity index (χ3v) is 6.25. The smallest absolute Gasteiger partial charge is 0.123 e. The highest BCUT2D eigenvalue weighted by Gasteiger charge is 2.17. The number of halogens is 1. The number of hydrogen-bond donors (Lipinski definition) is 1. The van der Waals surface area contributed by atoms with E-state index in [9.17, 15) is 4.39 Å². The highest BCUT2D eigenvalue weighted by Crippen LogP contribution is 2.25. The molecule has 5 rings (SSSR count). The van der Waals surface area contributed by atoms with Crippen LogP contribution in [0.3, 0.4) is 0 Å². The second kappa shape index (κ2) is 10.1. The second-order valence-electron chi connectivity index (χ2n) is 8.34. The number of rotatable bonds is 2. The first kappa shape index (κ1) is 20.9. The van der Waals surface area contributed by atoms with E-state index in [1.54, 1.807) is 0 Å². The molecule has 0 atom stereocenters. The van der Waals surface area contributed by atoms with Crippen LogP contribution in [0.2, 0.25) is 0 Å². The summed E-state index contributed by atoms with van der Waals surface area (Å²) in [6.07, 6.45) is 4.78. The summed E-state index contributed by atoms with van der Waals surface area (Å²) in [5.74, 6) is -0.164. The van der Waals surface area contributed by atoms with E-state index in [2.05, 4.69) is 57.4 Å². The van der Waals surface area contributed by atoms with Crippen LogP contribution in [0, 0.1) is 5.82 Å². The Bertz CT molecular complexity index is 834. The summed E-state index contributed by atoms with van der Waals surface area (Å²) >= 11 is 0. The molecular weight excluding hydrogens is 375 g/mol. The number of piperazine rings is 2. The minimum atomic E-state index is -0.164. The van der Waals surface area contributed by atoms with Crippen LogP contribution in [0.15, 0.2) is 54.2 Å². The van der Waals surface area contributed by atoms with Crippen LogP contribution in [-0.4, -0.2) is 69.2 Å². The molecule has 0 radical (unpaired) electrons. The Balaban J connectivity index is 0.000000147. The number of fused-ring (bicyclic) bond motifs is 1. The largest absolute Gasteiger partial charge is 0.372 e. The zero-order valence-corrected chi connectivity index (χ0v) is 18.0. The zero-order valence-electron chi connectivity index (χ0n) is 18.0. The molecule has 2 aromatic rings. The van der Waals surface area contributed by atoms with Crippen molar-refractivity contribution in [3.05, 3.63) is 71.2 Å². The summed E-state index contributed by atoms with van der Waals surface area (Å²) < 4.78 is 12.7. The summed E-state index contributed by atoms with van der Waals surface area (Å²) in [5, 5.41) is 3.40. The van der Waals surface area contributed by atoms with Crippen molar-refractivity contribution in [3.8, 4) is 0 Å². The number of nitrogens with one attached hydrogen (secondary N) is 1. The molecule has 2 heterocycles. The maximum atomic E-state index is 12.7. The Hall–Kier alpha value is -2.37. The van der Waals surface area contributed by atoms with Crippen molar-refractivity contribution in [1.29, 1.82) is 0 Å². The molecule has 0 saturated carbocycles. The average Bonchev–Trinajstić information content (AvgIpc) is 2.81. The summed E-state index contributed by atoms with van der Waals surface area (Å²) in [7, 11) is 2.13. The Labute approximate surface area is 180 Å². The van der Waals surface area contributed by atoms with Crippen LogP contribution in [0.5, 0.6) is 0 Å². The van der Waals surface area contributed by atoms with Crippen LogP contribution >= 0.6 is 0 Å². The lowest BCUT2D eigenvalue weighted by atomic mass is 9.95. The van der Waals surface area contributed by atoms with E-state index in [0.717, 1.165) is 58.0 Å². The lowest BCUT2D eigenvalue weighted by Crippen LogP contribution is -2.44. The lowest BCUT2D eigenvalue weighted by Gasteiger charge is -2.34. The van der Waals surface area contributed by atoms with E-state index >= 15 is 0 Å². The third kappa shape index (κ3) is 5.41. The molecule has 0 unspecified atom stereocenters. The van der Waals surface area contributed by atoms with Crippen LogP contribution in [-0.2, 0) is 6.42 Å². The molecule has 3 aliphatic rings. The first-order chi connectivity index (χ1) is 14.7. The molecule has 1 N–H and O–H groups in total. The van der Waals surface area contributed by atoms with Crippen molar-refractivity contribution in [2.45, 2.75) is 12.8 Å². The molecule has 30 heavy (non-hydrogen) atoms. The van der Waals surface area contributed by atoms with Gasteiger partial charge in [-0.2, -0.15) is 0 Å². The topological polar surface area (TPSA) is 21.8 Å². The molecule has 0 bridgehead atoms. The van der Waals surface area contributed by atoms with Gasteiger partial charge in [-0.1, -0.05) is 24.3 Å². The fourth-order valence-electron chi connectivity index (χ4n) is 4.34. The Kier molecular flexibility index (Phi) is 7.03. The first-order valence-corrected chi connectivity index (χ1v) is 11.1. The minimum absolute atomic E-state index is 0.164. The van der Waals surface area contributed by atoms with Gasteiger partial charge in [0.2, 0.25) is 0 Å². The van der Waals surface area contributed by atoms with Crippen molar-refractivity contribution in [2.24, 2.45) is 0 Å². The van der Waals surface area contributed by atoms with Gasteiger partial charge in [-0.3, -0.25) is 0 Å². The molecular formula is C25H33FN4. The molecule has 2 fully saturated rings. The van der Waals surface area contributed by atoms with Crippen molar-refractivity contribution in [3.63, 3.8) is 0 Å². The Morgan fingerprint density at radius 1 is 0.767 bits per heavy atom. The number of benzene rings is 2. The van der Waals surface area contributed by atoms with E-state index in [1.807, 2.05) is 12.1 Å². The summed E-state index contributed by atoms with van der Waals surface area (Å²) in [6.45, 7) is 8.79. The predicted molar refractivity (Wildman–Crippen MR) is 123 cm³/mol. The molecule has 0 spiro atoms. The standard InChI is InChI=1S/C14H18N2.C11H15FN2/c1-2-4-13-11-14(6-5-12(13)3-1)16-9-7-15-8-10-16;1-13-6-8-14(9-7-13)11-4-2-10(12)3-5-11/h1-4,11,15H,5-10H2;2-5H,6-9H2,1H3. The average molecular weight is 409 g/mol. The van der Waals surface area contributed by atoms with Gasteiger partial charge < -0.3 is 20.0 Å². The normalized spacial score (nSPS) is 19.5. The van der Waals surface area contributed by atoms with Gasteiger partial charge >= 0.3 is 0 Å². The molecule has 2 saturated heterocycles. The van der Waals surface area contributed by atoms with Gasteiger partial charge in [0.15, 0.2) is 0 Å².